The van der Waals surface area contributed by atoms with Gasteiger partial charge >= 0.3 is 5.97 Å². The van der Waals surface area contributed by atoms with Crippen molar-refractivity contribution in [1.82, 2.24) is 5.32 Å². The first-order valence-corrected chi connectivity index (χ1v) is 10.3. The van der Waals surface area contributed by atoms with Crippen LogP contribution in [0.4, 0.5) is 0 Å². The number of esters is 1. The van der Waals surface area contributed by atoms with E-state index < -0.39 is 5.41 Å². The van der Waals surface area contributed by atoms with E-state index in [4.69, 9.17) is 9.47 Å². The first-order chi connectivity index (χ1) is 14.5. The molecule has 2 aromatic rings. The average Bonchev–Trinajstić information content (AvgIpc) is 3.22. The summed E-state index contributed by atoms with van der Waals surface area (Å²) in [4.78, 5) is 24.9. The zero-order chi connectivity index (χ0) is 21.1. The van der Waals surface area contributed by atoms with Crippen molar-refractivity contribution >= 4 is 11.9 Å². The van der Waals surface area contributed by atoms with E-state index in [1.165, 1.54) is 0 Å². The third kappa shape index (κ3) is 3.97. The van der Waals surface area contributed by atoms with Gasteiger partial charge in [0.2, 0.25) is 0 Å². The van der Waals surface area contributed by atoms with Gasteiger partial charge in [-0.2, -0.15) is 0 Å². The number of carbonyl (C=O) groups excluding carboxylic acids is 2. The van der Waals surface area contributed by atoms with E-state index in [-0.39, 0.29) is 17.8 Å². The molecule has 0 bridgehead atoms. The predicted molar refractivity (Wildman–Crippen MR) is 114 cm³/mol. The summed E-state index contributed by atoms with van der Waals surface area (Å²) in [6.07, 6.45) is 2.92. The fourth-order valence-corrected chi connectivity index (χ4v) is 4.65. The average molecular weight is 405 g/mol. The summed E-state index contributed by atoms with van der Waals surface area (Å²) in [5.41, 5.74) is 3.42. The molecule has 0 aromatic heterocycles. The highest BCUT2D eigenvalue weighted by atomic mass is 16.5. The van der Waals surface area contributed by atoms with Gasteiger partial charge in [0.15, 0.2) is 0 Å². The minimum absolute atomic E-state index is 0.102. The minimum Gasteiger partial charge on any atom is -0.497 e. The number of hydrogen-bond acceptors (Lipinski definition) is 4. The molecule has 0 radical (unpaired) electrons. The maximum Gasteiger partial charge on any atom is 0.313 e. The molecule has 2 fully saturated rings. The summed E-state index contributed by atoms with van der Waals surface area (Å²) in [7, 11) is 1.64. The van der Waals surface area contributed by atoms with Crippen molar-refractivity contribution < 1.29 is 19.1 Å². The fraction of sp³-hybridized carbons (Fsp3) is 0.360. The highest BCUT2D eigenvalue weighted by molar-refractivity contribution is 5.94. The number of benzene rings is 2. The molecule has 1 aliphatic carbocycles. The van der Waals surface area contributed by atoms with E-state index in [0.717, 1.165) is 35.3 Å². The van der Waals surface area contributed by atoms with Crippen LogP contribution in [0.3, 0.4) is 0 Å². The lowest BCUT2D eigenvalue weighted by molar-refractivity contribution is -0.146. The predicted octanol–water partition coefficient (Wildman–Crippen LogP) is 3.72. The Hall–Kier alpha value is -3.08. The molecule has 5 heteroatoms. The maximum atomic E-state index is 12.5. The highest BCUT2D eigenvalue weighted by Gasteiger charge is 2.55. The Kier molecular flexibility index (Phi) is 5.62. The molecule has 4 rings (SSSR count). The number of ether oxygens (including phenoxy) is 2. The molecular weight excluding hydrogens is 378 g/mol. The van der Waals surface area contributed by atoms with Crippen LogP contribution in [0.2, 0.25) is 0 Å². The second-order valence-corrected chi connectivity index (χ2v) is 8.31. The zero-order valence-corrected chi connectivity index (χ0v) is 17.3. The third-order valence-corrected chi connectivity index (χ3v) is 6.27. The number of carbonyl (C=O) groups is 2. The Balaban J connectivity index is 1.34. The standard InChI is InChI=1S/C25H27NO4/c1-17-12-21-16-30-24(28)25(21,14-17)15-19-6-8-20(9-7-19)23(27)26-11-10-18-4-3-5-22(13-18)29-2/h3-9,13,21H,1,10-12,14-16H2,2H3,(H,26,27)/t21-,25+/m1/s1. The Morgan fingerprint density at radius 2 is 2.03 bits per heavy atom. The number of allylic oxidation sites excluding steroid dienone is 1. The van der Waals surface area contributed by atoms with Crippen LogP contribution < -0.4 is 10.1 Å². The van der Waals surface area contributed by atoms with Gasteiger partial charge in [0, 0.05) is 18.0 Å². The fourth-order valence-electron chi connectivity index (χ4n) is 4.65. The van der Waals surface area contributed by atoms with Crippen LogP contribution in [-0.2, 0) is 22.4 Å². The number of hydrogen-bond donors (Lipinski definition) is 1. The van der Waals surface area contributed by atoms with Gasteiger partial charge in [0.05, 0.1) is 19.1 Å². The molecule has 1 N–H and O–H groups in total. The lowest BCUT2D eigenvalue weighted by atomic mass is 9.75. The number of nitrogens with one attached hydrogen (secondary N) is 1. The van der Waals surface area contributed by atoms with Gasteiger partial charge < -0.3 is 14.8 Å². The second-order valence-electron chi connectivity index (χ2n) is 8.31. The van der Waals surface area contributed by atoms with E-state index in [2.05, 4.69) is 11.9 Å². The monoisotopic (exact) mass is 405 g/mol. The Labute approximate surface area is 177 Å². The van der Waals surface area contributed by atoms with Gasteiger partial charge in [-0.05, 0) is 61.1 Å². The molecule has 1 heterocycles. The van der Waals surface area contributed by atoms with Crippen molar-refractivity contribution in [3.8, 4) is 5.75 Å². The normalized spacial score (nSPS) is 22.5. The Morgan fingerprint density at radius 3 is 2.80 bits per heavy atom. The van der Waals surface area contributed by atoms with E-state index >= 15 is 0 Å². The molecule has 2 aromatic carbocycles. The van der Waals surface area contributed by atoms with Crippen molar-refractivity contribution in [2.75, 3.05) is 20.3 Å². The summed E-state index contributed by atoms with van der Waals surface area (Å²) in [6, 6.07) is 15.4. The van der Waals surface area contributed by atoms with E-state index in [9.17, 15) is 9.59 Å². The van der Waals surface area contributed by atoms with Crippen LogP contribution in [0, 0.1) is 11.3 Å². The van der Waals surface area contributed by atoms with Gasteiger partial charge in [-0.25, -0.2) is 0 Å². The molecule has 1 saturated carbocycles. The molecule has 0 unspecified atom stereocenters. The Morgan fingerprint density at radius 1 is 1.23 bits per heavy atom. The summed E-state index contributed by atoms with van der Waals surface area (Å²) < 4.78 is 10.6. The first-order valence-electron chi connectivity index (χ1n) is 10.3. The van der Waals surface area contributed by atoms with Crippen molar-refractivity contribution in [3.63, 3.8) is 0 Å². The molecule has 1 aliphatic heterocycles. The summed E-state index contributed by atoms with van der Waals surface area (Å²) in [5, 5.41) is 2.96. The topological polar surface area (TPSA) is 64.6 Å². The quantitative estimate of drug-likeness (QED) is 0.563. The van der Waals surface area contributed by atoms with Crippen LogP contribution in [0.5, 0.6) is 5.75 Å². The summed E-state index contributed by atoms with van der Waals surface area (Å²) in [6.45, 7) is 5.13. The van der Waals surface area contributed by atoms with Crippen LogP contribution in [0.25, 0.3) is 0 Å². The molecule has 5 nitrogen and oxygen atoms in total. The van der Waals surface area contributed by atoms with Gasteiger partial charge in [-0.1, -0.05) is 36.4 Å². The van der Waals surface area contributed by atoms with Crippen molar-refractivity contribution in [2.24, 2.45) is 11.3 Å². The number of rotatable bonds is 7. The SMILES string of the molecule is C=C1C[C@@H]2COC(=O)[C@]2(Cc2ccc(C(=O)NCCc3cccc(OC)c3)cc2)C1. The van der Waals surface area contributed by atoms with Crippen molar-refractivity contribution in [2.45, 2.75) is 25.7 Å². The maximum absolute atomic E-state index is 12.5. The smallest absolute Gasteiger partial charge is 0.313 e. The minimum atomic E-state index is -0.475. The van der Waals surface area contributed by atoms with Gasteiger partial charge in [0.1, 0.15) is 5.75 Å². The molecule has 2 atom stereocenters. The molecular formula is C25H27NO4. The lowest BCUT2D eigenvalue weighted by Gasteiger charge is -2.24. The first kappa shape index (κ1) is 20.2. The van der Waals surface area contributed by atoms with E-state index in [0.29, 0.717) is 31.6 Å². The van der Waals surface area contributed by atoms with Crippen molar-refractivity contribution in [1.29, 1.82) is 0 Å². The lowest BCUT2D eigenvalue weighted by Crippen LogP contribution is -2.31. The molecule has 156 valence electrons. The van der Waals surface area contributed by atoms with Gasteiger partial charge in [-0.3, -0.25) is 9.59 Å². The second kappa shape index (κ2) is 8.34. The van der Waals surface area contributed by atoms with Crippen LogP contribution in [-0.4, -0.2) is 32.1 Å². The van der Waals surface area contributed by atoms with Crippen molar-refractivity contribution in [3.05, 3.63) is 77.4 Å². The van der Waals surface area contributed by atoms with Crippen LogP contribution in [0.15, 0.2) is 60.7 Å². The Bertz CT molecular complexity index is 965. The molecule has 30 heavy (non-hydrogen) atoms. The highest BCUT2D eigenvalue weighted by Crippen LogP contribution is 2.52. The molecule has 1 amide bonds. The van der Waals surface area contributed by atoms with Gasteiger partial charge in [-0.15, -0.1) is 0 Å². The van der Waals surface area contributed by atoms with Crippen LogP contribution >= 0.6 is 0 Å². The van der Waals surface area contributed by atoms with E-state index in [1.807, 2.05) is 48.5 Å². The zero-order valence-electron chi connectivity index (χ0n) is 17.3. The largest absolute Gasteiger partial charge is 0.497 e. The molecule has 2 aliphatic rings. The van der Waals surface area contributed by atoms with Crippen LogP contribution in [0.1, 0.15) is 34.3 Å². The number of methoxy groups -OCH3 is 1. The number of amides is 1. The number of cyclic esters (lactones) is 1. The summed E-state index contributed by atoms with van der Waals surface area (Å²) >= 11 is 0. The molecule has 0 spiro atoms. The summed E-state index contributed by atoms with van der Waals surface area (Å²) in [5.74, 6) is 0.825. The van der Waals surface area contributed by atoms with E-state index in [1.54, 1.807) is 7.11 Å². The number of fused-ring (bicyclic) bond motifs is 1. The molecule has 1 saturated heterocycles. The third-order valence-electron chi connectivity index (χ3n) is 6.27. The van der Waals surface area contributed by atoms with Gasteiger partial charge in [0.25, 0.3) is 5.91 Å².